The topological polar surface area (TPSA) is 35.5 Å². The lowest BCUT2D eigenvalue weighted by Gasteiger charge is -2.18. The highest BCUT2D eigenvalue weighted by Gasteiger charge is 2.44. The summed E-state index contributed by atoms with van der Waals surface area (Å²) in [5.74, 6) is 2.27. The molecule has 1 saturated carbocycles. The van der Waals surface area contributed by atoms with Gasteiger partial charge in [0.1, 0.15) is 13.2 Å². The number of hydrogen-bond donors (Lipinski definition) is 0. The van der Waals surface area contributed by atoms with Gasteiger partial charge in [-0.1, -0.05) is 36.4 Å². The molecule has 4 rings (SSSR count). The fraction of sp³-hybridized carbons (Fsp3) is 0.278. The van der Waals surface area contributed by atoms with Gasteiger partial charge in [0.2, 0.25) is 0 Å². The lowest BCUT2D eigenvalue weighted by atomic mass is 10.0. The maximum Gasteiger partial charge on any atom is 0.166 e. The number of ether oxygens (including phenoxy) is 2. The minimum Gasteiger partial charge on any atom is -0.486 e. The molecule has 1 aliphatic heterocycles. The van der Waals surface area contributed by atoms with Crippen molar-refractivity contribution in [2.45, 2.75) is 12.3 Å². The average Bonchev–Trinajstić information content (AvgIpc) is 3.35. The molecule has 0 N–H and O–H groups in total. The van der Waals surface area contributed by atoms with Gasteiger partial charge < -0.3 is 9.47 Å². The van der Waals surface area contributed by atoms with Gasteiger partial charge in [-0.2, -0.15) is 0 Å². The first-order valence-corrected chi connectivity index (χ1v) is 7.32. The highest BCUT2D eigenvalue weighted by Crippen LogP contribution is 2.50. The molecule has 0 radical (unpaired) electrons. The second kappa shape index (κ2) is 4.92. The van der Waals surface area contributed by atoms with Gasteiger partial charge >= 0.3 is 0 Å². The zero-order valence-electron chi connectivity index (χ0n) is 11.6. The van der Waals surface area contributed by atoms with E-state index in [4.69, 9.17) is 9.47 Å². The molecule has 1 heterocycles. The molecule has 1 fully saturated rings. The first-order valence-electron chi connectivity index (χ1n) is 7.32. The van der Waals surface area contributed by atoms with E-state index < -0.39 is 0 Å². The van der Waals surface area contributed by atoms with Crippen molar-refractivity contribution < 1.29 is 14.3 Å². The Morgan fingerprint density at radius 2 is 1.71 bits per heavy atom. The minimum absolute atomic E-state index is 0.106. The number of benzene rings is 2. The van der Waals surface area contributed by atoms with Gasteiger partial charge in [0.05, 0.1) is 0 Å². The van der Waals surface area contributed by atoms with Crippen LogP contribution in [0.3, 0.4) is 0 Å². The van der Waals surface area contributed by atoms with E-state index in [2.05, 4.69) is 6.07 Å². The summed E-state index contributed by atoms with van der Waals surface area (Å²) in [5, 5.41) is 0. The quantitative estimate of drug-likeness (QED) is 0.808. The average molecular weight is 280 g/mol. The van der Waals surface area contributed by atoms with Crippen LogP contribution in [0.25, 0.3) is 0 Å². The third-order valence-electron chi connectivity index (χ3n) is 4.18. The minimum atomic E-state index is 0.106. The first kappa shape index (κ1) is 12.5. The van der Waals surface area contributed by atoms with E-state index in [-0.39, 0.29) is 11.7 Å². The van der Waals surface area contributed by atoms with Crippen molar-refractivity contribution in [2.75, 3.05) is 13.2 Å². The highest BCUT2D eigenvalue weighted by molar-refractivity contribution is 6.00. The monoisotopic (exact) mass is 280 g/mol. The van der Waals surface area contributed by atoms with Crippen LogP contribution in [0.15, 0.2) is 48.5 Å². The molecule has 0 spiro atoms. The molecule has 0 bridgehead atoms. The van der Waals surface area contributed by atoms with Crippen molar-refractivity contribution in [3.63, 3.8) is 0 Å². The summed E-state index contributed by atoms with van der Waals surface area (Å²) < 4.78 is 11.1. The molecule has 0 aromatic heterocycles. The van der Waals surface area contributed by atoms with Gasteiger partial charge in [0.15, 0.2) is 17.3 Å². The Balaban J connectivity index is 1.53. The number of ketones is 1. The van der Waals surface area contributed by atoms with E-state index in [0.717, 1.165) is 23.5 Å². The molecule has 2 aromatic carbocycles. The summed E-state index contributed by atoms with van der Waals surface area (Å²) in [4.78, 5) is 12.4. The molecule has 0 amide bonds. The van der Waals surface area contributed by atoms with Gasteiger partial charge in [0.25, 0.3) is 0 Å². The first-order chi connectivity index (χ1) is 10.3. The molecule has 2 aliphatic rings. The van der Waals surface area contributed by atoms with Crippen LogP contribution in [-0.2, 0) is 0 Å². The molecule has 1 aliphatic carbocycles. The lowest BCUT2D eigenvalue weighted by molar-refractivity contribution is 0.0965. The summed E-state index contributed by atoms with van der Waals surface area (Å²) in [5.41, 5.74) is 1.98. The summed E-state index contributed by atoms with van der Waals surface area (Å²) >= 11 is 0. The third-order valence-corrected chi connectivity index (χ3v) is 4.18. The van der Waals surface area contributed by atoms with Crippen LogP contribution in [0.2, 0.25) is 0 Å². The summed E-state index contributed by atoms with van der Waals surface area (Å²) in [6, 6.07) is 15.6. The SMILES string of the molecule is O=C(c1ccccc1)C1CC1c1ccc2c(c1)OCCO2. The summed E-state index contributed by atoms with van der Waals surface area (Å²) in [7, 11) is 0. The van der Waals surface area contributed by atoms with Crippen LogP contribution in [0.1, 0.15) is 28.3 Å². The van der Waals surface area contributed by atoms with Crippen LogP contribution in [0.5, 0.6) is 11.5 Å². The molecule has 106 valence electrons. The van der Waals surface area contributed by atoms with Crippen molar-refractivity contribution in [2.24, 2.45) is 5.92 Å². The maximum absolute atomic E-state index is 12.4. The summed E-state index contributed by atoms with van der Waals surface area (Å²) in [6.07, 6.45) is 0.924. The molecular formula is C18H16O3. The second-order valence-corrected chi connectivity index (χ2v) is 5.58. The third kappa shape index (κ3) is 2.29. The normalized spacial score (nSPS) is 22.7. The molecule has 3 heteroatoms. The predicted octanol–water partition coefficient (Wildman–Crippen LogP) is 3.44. The van der Waals surface area contributed by atoms with Crippen molar-refractivity contribution in [3.8, 4) is 11.5 Å². The van der Waals surface area contributed by atoms with Gasteiger partial charge in [-0.15, -0.1) is 0 Å². The molecule has 0 saturated heterocycles. The van der Waals surface area contributed by atoms with E-state index in [0.29, 0.717) is 19.1 Å². The largest absolute Gasteiger partial charge is 0.486 e. The fourth-order valence-electron chi connectivity index (χ4n) is 2.96. The van der Waals surface area contributed by atoms with Crippen molar-refractivity contribution in [1.82, 2.24) is 0 Å². The number of carbonyl (C=O) groups excluding carboxylic acids is 1. The molecule has 2 aromatic rings. The summed E-state index contributed by atoms with van der Waals surface area (Å²) in [6.45, 7) is 1.19. The number of rotatable bonds is 3. The Kier molecular flexibility index (Phi) is 2.92. The van der Waals surface area contributed by atoms with Crippen LogP contribution in [0, 0.1) is 5.92 Å². The van der Waals surface area contributed by atoms with E-state index in [1.165, 1.54) is 5.56 Å². The van der Waals surface area contributed by atoms with Crippen molar-refractivity contribution in [1.29, 1.82) is 0 Å². The Morgan fingerprint density at radius 1 is 0.952 bits per heavy atom. The predicted molar refractivity (Wildman–Crippen MR) is 79.1 cm³/mol. The lowest BCUT2D eigenvalue weighted by Crippen LogP contribution is -2.15. The molecular weight excluding hydrogens is 264 g/mol. The van der Waals surface area contributed by atoms with Crippen molar-refractivity contribution >= 4 is 5.78 Å². The fourth-order valence-corrected chi connectivity index (χ4v) is 2.96. The number of carbonyl (C=O) groups is 1. The Labute approximate surface area is 123 Å². The Morgan fingerprint density at radius 3 is 2.52 bits per heavy atom. The zero-order chi connectivity index (χ0) is 14.2. The van der Waals surface area contributed by atoms with Gasteiger partial charge in [-0.3, -0.25) is 4.79 Å². The molecule has 21 heavy (non-hydrogen) atoms. The van der Waals surface area contributed by atoms with Crippen LogP contribution < -0.4 is 9.47 Å². The van der Waals surface area contributed by atoms with Crippen molar-refractivity contribution in [3.05, 3.63) is 59.7 Å². The standard InChI is InChI=1S/C18H16O3/c19-18(12-4-2-1-3-5-12)15-11-14(15)13-6-7-16-17(10-13)21-9-8-20-16/h1-7,10,14-15H,8-9,11H2. The zero-order valence-corrected chi connectivity index (χ0v) is 11.6. The number of fused-ring (bicyclic) bond motifs is 1. The van der Waals surface area contributed by atoms with Crippen LogP contribution >= 0.6 is 0 Å². The van der Waals surface area contributed by atoms with Gasteiger partial charge in [-0.25, -0.2) is 0 Å². The second-order valence-electron chi connectivity index (χ2n) is 5.58. The maximum atomic E-state index is 12.4. The van der Waals surface area contributed by atoms with E-state index >= 15 is 0 Å². The Hall–Kier alpha value is -2.29. The molecule has 2 atom stereocenters. The number of Topliss-reactive ketones (excluding diaryl/α,β-unsaturated/α-hetero) is 1. The van der Waals surface area contributed by atoms with E-state index in [1.807, 2.05) is 42.5 Å². The van der Waals surface area contributed by atoms with E-state index in [1.54, 1.807) is 0 Å². The molecule has 3 nitrogen and oxygen atoms in total. The van der Waals surface area contributed by atoms with Gasteiger partial charge in [-0.05, 0) is 30.0 Å². The van der Waals surface area contributed by atoms with E-state index in [9.17, 15) is 4.79 Å². The number of hydrogen-bond acceptors (Lipinski definition) is 3. The van der Waals surface area contributed by atoms with Gasteiger partial charge in [0, 0.05) is 11.5 Å². The van der Waals surface area contributed by atoms with Crippen LogP contribution in [-0.4, -0.2) is 19.0 Å². The van der Waals surface area contributed by atoms with Crippen LogP contribution in [0.4, 0.5) is 0 Å². The smallest absolute Gasteiger partial charge is 0.166 e. The highest BCUT2D eigenvalue weighted by atomic mass is 16.6. The molecule has 2 unspecified atom stereocenters. The Bertz CT molecular complexity index is 678.